The number of carbonyl (C=O) groups is 2. The summed E-state index contributed by atoms with van der Waals surface area (Å²) in [4.78, 5) is 26.5. The number of esters is 2. The zero-order chi connectivity index (χ0) is 38.0. The van der Waals surface area contributed by atoms with Crippen molar-refractivity contribution >= 4 is 11.9 Å². The molecule has 1 saturated carbocycles. The second-order valence-electron chi connectivity index (χ2n) is 13.6. The minimum atomic E-state index is -0.921. The standard InChI is InChI=1S/C47H44O8/c1-50-38-25-23-33(24-26-38)31-52-32-39-29-42(46(49)51-2)44(54-39)41-30-43(55-45(48)34-15-7-3-8-16-34)40(41)27-28-53-47(35-17-9-4-10-18-35,36-19-11-5-12-20-36)37-21-13-6-14-22-37/h3-26,29,40-41,43H,27-28,30-32H2,1-2H3/t40-,41+,43+/m1/s1. The third-order valence-corrected chi connectivity index (χ3v) is 10.3. The number of carbonyl (C=O) groups excluding carboxylic acids is 2. The Bertz CT molecular complexity index is 2030. The number of furan rings is 1. The molecule has 3 atom stereocenters. The maximum Gasteiger partial charge on any atom is 0.341 e. The zero-order valence-electron chi connectivity index (χ0n) is 31.0. The first-order chi connectivity index (χ1) is 27.0. The molecule has 0 radical (unpaired) electrons. The molecule has 0 saturated heterocycles. The topological polar surface area (TPSA) is 93.4 Å². The van der Waals surface area contributed by atoms with Gasteiger partial charge in [-0.05, 0) is 65.4 Å². The first-order valence-electron chi connectivity index (χ1n) is 18.5. The van der Waals surface area contributed by atoms with Crippen molar-refractivity contribution < 1.29 is 37.7 Å². The summed E-state index contributed by atoms with van der Waals surface area (Å²) in [5, 5.41) is 0. The molecule has 1 heterocycles. The molecular formula is C47H44O8. The van der Waals surface area contributed by atoms with Crippen LogP contribution in [0.3, 0.4) is 0 Å². The fourth-order valence-corrected chi connectivity index (χ4v) is 7.45. The van der Waals surface area contributed by atoms with Gasteiger partial charge in [-0.25, -0.2) is 9.59 Å². The van der Waals surface area contributed by atoms with Crippen LogP contribution in [0.1, 0.15) is 73.2 Å². The van der Waals surface area contributed by atoms with Crippen LogP contribution < -0.4 is 4.74 Å². The molecule has 8 heteroatoms. The molecule has 0 bridgehead atoms. The number of methoxy groups -OCH3 is 2. The van der Waals surface area contributed by atoms with Crippen LogP contribution in [0.15, 0.2) is 156 Å². The van der Waals surface area contributed by atoms with E-state index < -0.39 is 23.6 Å². The Labute approximate surface area is 321 Å². The predicted molar refractivity (Wildman–Crippen MR) is 208 cm³/mol. The van der Waals surface area contributed by atoms with Crippen LogP contribution in [0.5, 0.6) is 5.75 Å². The highest BCUT2D eigenvalue weighted by molar-refractivity contribution is 5.91. The van der Waals surface area contributed by atoms with Gasteiger partial charge in [-0.3, -0.25) is 0 Å². The van der Waals surface area contributed by atoms with E-state index in [1.54, 1.807) is 25.3 Å². The molecule has 0 aliphatic heterocycles. The summed E-state index contributed by atoms with van der Waals surface area (Å²) in [6.07, 6.45) is 0.538. The molecule has 0 amide bonds. The monoisotopic (exact) mass is 736 g/mol. The van der Waals surface area contributed by atoms with Gasteiger partial charge in [-0.15, -0.1) is 0 Å². The summed E-state index contributed by atoms with van der Waals surface area (Å²) in [5.74, 6) is 0.378. The fourth-order valence-electron chi connectivity index (χ4n) is 7.45. The van der Waals surface area contributed by atoms with E-state index in [1.807, 2.05) is 97.1 Å². The number of hydrogen-bond acceptors (Lipinski definition) is 8. The van der Waals surface area contributed by atoms with Gasteiger partial charge in [0.2, 0.25) is 0 Å². The third-order valence-electron chi connectivity index (χ3n) is 10.3. The summed E-state index contributed by atoms with van der Waals surface area (Å²) < 4.78 is 36.2. The van der Waals surface area contributed by atoms with Crippen molar-refractivity contribution in [3.8, 4) is 5.75 Å². The SMILES string of the molecule is COC(=O)c1cc(COCc2ccc(OC)cc2)oc1[C@H]1C[C@H](OC(=O)c2ccccc2)[C@@H]1CCOC(c1ccccc1)(c1ccccc1)c1ccccc1. The molecule has 6 aromatic rings. The highest BCUT2D eigenvalue weighted by atomic mass is 16.5. The van der Waals surface area contributed by atoms with Gasteiger partial charge in [0.1, 0.15) is 41.1 Å². The van der Waals surface area contributed by atoms with Crippen LogP contribution in [0.25, 0.3) is 0 Å². The van der Waals surface area contributed by atoms with Crippen molar-refractivity contribution in [2.24, 2.45) is 5.92 Å². The number of rotatable bonds is 16. The van der Waals surface area contributed by atoms with Crippen molar-refractivity contribution in [1.82, 2.24) is 0 Å². The van der Waals surface area contributed by atoms with Gasteiger partial charge >= 0.3 is 11.9 Å². The Hall–Kier alpha value is -5.96. The average molecular weight is 737 g/mol. The highest BCUT2D eigenvalue weighted by Crippen LogP contribution is 2.49. The molecule has 0 spiro atoms. The molecule has 55 heavy (non-hydrogen) atoms. The zero-order valence-corrected chi connectivity index (χ0v) is 31.0. The predicted octanol–water partition coefficient (Wildman–Crippen LogP) is 9.52. The number of benzene rings is 5. The highest BCUT2D eigenvalue weighted by Gasteiger charge is 2.48. The van der Waals surface area contributed by atoms with Gasteiger partial charge in [0.25, 0.3) is 0 Å². The molecule has 5 aromatic carbocycles. The van der Waals surface area contributed by atoms with E-state index in [-0.39, 0.29) is 18.4 Å². The molecule has 1 aliphatic rings. The minimum Gasteiger partial charge on any atom is -0.497 e. The normalized spacial score (nSPS) is 16.5. The van der Waals surface area contributed by atoms with Gasteiger partial charge in [0, 0.05) is 18.4 Å². The Balaban J connectivity index is 1.17. The van der Waals surface area contributed by atoms with Gasteiger partial charge in [0.05, 0.1) is 26.4 Å². The van der Waals surface area contributed by atoms with E-state index in [2.05, 4.69) is 36.4 Å². The first kappa shape index (κ1) is 37.4. The lowest BCUT2D eigenvalue weighted by Gasteiger charge is -2.44. The van der Waals surface area contributed by atoms with Gasteiger partial charge in [-0.2, -0.15) is 0 Å². The van der Waals surface area contributed by atoms with Crippen LogP contribution in [0.4, 0.5) is 0 Å². The van der Waals surface area contributed by atoms with E-state index >= 15 is 0 Å². The Morgan fingerprint density at radius 3 is 1.80 bits per heavy atom. The Morgan fingerprint density at radius 2 is 1.25 bits per heavy atom. The maximum atomic E-state index is 13.3. The molecule has 1 aromatic heterocycles. The fraction of sp³-hybridized carbons (Fsp3) is 0.234. The summed E-state index contributed by atoms with van der Waals surface area (Å²) in [7, 11) is 2.98. The summed E-state index contributed by atoms with van der Waals surface area (Å²) in [6, 6.07) is 48.9. The second kappa shape index (κ2) is 17.5. The average Bonchev–Trinajstić information content (AvgIpc) is 3.66. The molecule has 1 fully saturated rings. The Morgan fingerprint density at radius 1 is 0.691 bits per heavy atom. The lowest BCUT2D eigenvalue weighted by Crippen LogP contribution is -2.44. The number of hydrogen-bond donors (Lipinski definition) is 0. The van der Waals surface area contributed by atoms with E-state index in [4.69, 9.17) is 28.1 Å². The molecule has 0 unspecified atom stereocenters. The van der Waals surface area contributed by atoms with E-state index in [9.17, 15) is 9.59 Å². The van der Waals surface area contributed by atoms with Gasteiger partial charge < -0.3 is 28.1 Å². The maximum absolute atomic E-state index is 13.3. The largest absolute Gasteiger partial charge is 0.497 e. The molecule has 8 nitrogen and oxygen atoms in total. The summed E-state index contributed by atoms with van der Waals surface area (Å²) in [6.45, 7) is 0.808. The summed E-state index contributed by atoms with van der Waals surface area (Å²) in [5.41, 5.74) is 3.83. The quantitative estimate of drug-likeness (QED) is 0.0717. The van der Waals surface area contributed by atoms with E-state index in [1.165, 1.54) is 7.11 Å². The molecule has 280 valence electrons. The third kappa shape index (κ3) is 8.26. The number of ether oxygens (including phenoxy) is 5. The second-order valence-corrected chi connectivity index (χ2v) is 13.6. The van der Waals surface area contributed by atoms with Crippen LogP contribution in [0.2, 0.25) is 0 Å². The molecular weight excluding hydrogens is 693 g/mol. The Kier molecular flexibility index (Phi) is 11.9. The van der Waals surface area contributed by atoms with Crippen LogP contribution in [0, 0.1) is 5.92 Å². The molecule has 1 aliphatic carbocycles. The van der Waals surface area contributed by atoms with Crippen molar-refractivity contribution in [2.75, 3.05) is 20.8 Å². The van der Waals surface area contributed by atoms with Crippen LogP contribution >= 0.6 is 0 Å². The van der Waals surface area contributed by atoms with Crippen LogP contribution in [-0.2, 0) is 37.8 Å². The van der Waals surface area contributed by atoms with Crippen molar-refractivity contribution in [2.45, 2.75) is 43.7 Å². The van der Waals surface area contributed by atoms with Crippen molar-refractivity contribution in [1.29, 1.82) is 0 Å². The molecule has 0 N–H and O–H groups in total. The minimum absolute atomic E-state index is 0.149. The summed E-state index contributed by atoms with van der Waals surface area (Å²) >= 11 is 0. The van der Waals surface area contributed by atoms with Crippen LogP contribution in [-0.4, -0.2) is 38.9 Å². The van der Waals surface area contributed by atoms with Crippen molar-refractivity contribution in [3.05, 3.63) is 197 Å². The first-order valence-corrected chi connectivity index (χ1v) is 18.5. The van der Waals surface area contributed by atoms with Gasteiger partial charge in [0.15, 0.2) is 0 Å². The van der Waals surface area contributed by atoms with Crippen molar-refractivity contribution in [3.63, 3.8) is 0 Å². The van der Waals surface area contributed by atoms with Gasteiger partial charge in [-0.1, -0.05) is 121 Å². The lowest BCUT2D eigenvalue weighted by molar-refractivity contribution is -0.0623. The molecule has 7 rings (SSSR count). The lowest BCUT2D eigenvalue weighted by atomic mass is 9.67. The van der Waals surface area contributed by atoms with E-state index in [0.29, 0.717) is 48.7 Å². The smallest absolute Gasteiger partial charge is 0.341 e. The van der Waals surface area contributed by atoms with E-state index in [0.717, 1.165) is 28.0 Å².